The van der Waals surface area contributed by atoms with Gasteiger partial charge in [-0.25, -0.2) is 4.98 Å². The molecule has 38 heavy (non-hydrogen) atoms. The van der Waals surface area contributed by atoms with Crippen LogP contribution in [-0.2, 0) is 4.79 Å². The van der Waals surface area contributed by atoms with Gasteiger partial charge < -0.3 is 26.4 Å². The number of hydrogen-bond acceptors (Lipinski definition) is 9. The lowest BCUT2D eigenvalue weighted by Gasteiger charge is -2.32. The molecule has 5 N–H and O–H groups in total. The second-order valence-electron chi connectivity index (χ2n) is 9.44. The zero-order valence-corrected chi connectivity index (χ0v) is 20.5. The van der Waals surface area contributed by atoms with Crippen molar-refractivity contribution < 1.29 is 14.7 Å². The zero-order valence-electron chi connectivity index (χ0n) is 20.5. The van der Waals surface area contributed by atoms with E-state index in [1.165, 1.54) is 4.52 Å². The molecular weight excluding hydrogens is 484 g/mol. The Labute approximate surface area is 218 Å². The van der Waals surface area contributed by atoms with Gasteiger partial charge >= 0.3 is 0 Å². The van der Waals surface area contributed by atoms with Crippen LogP contribution in [0.2, 0.25) is 0 Å². The lowest BCUT2D eigenvalue weighted by atomic mass is 9.90. The average molecular weight is 511 g/mol. The van der Waals surface area contributed by atoms with E-state index in [0.717, 1.165) is 45.9 Å². The Morgan fingerprint density at radius 3 is 2.61 bits per heavy atom. The Morgan fingerprint density at radius 1 is 1.13 bits per heavy atom. The number of rotatable bonds is 5. The molecule has 11 nitrogen and oxygen atoms in total. The first-order chi connectivity index (χ1) is 18.5. The van der Waals surface area contributed by atoms with Crippen LogP contribution in [0, 0.1) is 0 Å². The normalized spacial score (nSPS) is 15.3. The molecule has 4 aromatic rings. The fourth-order valence-electron chi connectivity index (χ4n) is 5.18. The van der Waals surface area contributed by atoms with Gasteiger partial charge in [-0.1, -0.05) is 18.7 Å². The van der Waals surface area contributed by atoms with E-state index in [2.05, 4.69) is 27.3 Å². The third kappa shape index (κ3) is 3.93. The van der Waals surface area contributed by atoms with Crippen LogP contribution in [0.25, 0.3) is 28.0 Å². The molecule has 1 aromatic carbocycles. The number of aromatic nitrogens is 4. The number of nitrogens with zero attached hydrogens (tertiary/aromatic N) is 5. The minimum atomic E-state index is -0.510. The number of aliphatic hydroxyl groups is 1. The van der Waals surface area contributed by atoms with Gasteiger partial charge in [-0.05, 0) is 31.0 Å². The monoisotopic (exact) mass is 510 g/mol. The third-order valence-corrected chi connectivity index (χ3v) is 7.20. The second-order valence-corrected chi connectivity index (χ2v) is 9.44. The number of carbonyl (C=O) groups excluding carboxylic acids is 2. The molecule has 1 fully saturated rings. The molecule has 0 aliphatic carbocycles. The molecule has 0 bridgehead atoms. The van der Waals surface area contributed by atoms with E-state index in [4.69, 9.17) is 15.8 Å². The summed E-state index contributed by atoms with van der Waals surface area (Å²) in [4.78, 5) is 35.0. The minimum absolute atomic E-state index is 0.0486. The molecule has 2 aliphatic heterocycles. The Bertz CT molecular complexity index is 1590. The van der Waals surface area contributed by atoms with Crippen LogP contribution in [0.1, 0.15) is 34.8 Å². The largest absolute Gasteiger partial charge is 0.387 e. The highest BCUT2D eigenvalue weighted by Crippen LogP contribution is 2.36. The molecule has 0 radical (unpaired) electrons. The van der Waals surface area contributed by atoms with Crippen LogP contribution in [0.5, 0.6) is 0 Å². The van der Waals surface area contributed by atoms with E-state index < -0.39 is 6.61 Å². The van der Waals surface area contributed by atoms with E-state index in [1.807, 2.05) is 30.3 Å². The predicted octanol–water partition coefficient (Wildman–Crippen LogP) is 2.86. The molecule has 3 aromatic heterocycles. The van der Waals surface area contributed by atoms with E-state index in [1.54, 1.807) is 17.3 Å². The van der Waals surface area contributed by atoms with Crippen LogP contribution < -0.4 is 16.4 Å². The molecule has 6 rings (SSSR count). The number of nitrogens with two attached hydrogens (primary N) is 1. The first-order valence-electron chi connectivity index (χ1n) is 12.3. The van der Waals surface area contributed by atoms with Gasteiger partial charge in [0.25, 0.3) is 0 Å². The Balaban J connectivity index is 1.33. The summed E-state index contributed by atoms with van der Waals surface area (Å²) in [6.07, 6.45) is 5.40. The quantitative estimate of drug-likeness (QED) is 0.297. The number of pyridine rings is 1. The van der Waals surface area contributed by atoms with Crippen molar-refractivity contribution in [2.75, 3.05) is 36.1 Å². The van der Waals surface area contributed by atoms with Gasteiger partial charge in [0.2, 0.25) is 5.91 Å². The van der Waals surface area contributed by atoms with Gasteiger partial charge in [0.05, 0.1) is 34.5 Å². The summed E-state index contributed by atoms with van der Waals surface area (Å²) in [5, 5.41) is 19.9. The van der Waals surface area contributed by atoms with Crippen LogP contribution in [0.3, 0.4) is 0 Å². The summed E-state index contributed by atoms with van der Waals surface area (Å²) in [6.45, 7) is 4.35. The number of aliphatic hydroxyl groups excluding tert-OH is 1. The molecule has 192 valence electrons. The molecule has 11 heteroatoms. The van der Waals surface area contributed by atoms with Crippen LogP contribution in [-0.4, -0.2) is 61.5 Å². The number of aldehydes is 1. The molecule has 0 atom stereocenters. The van der Waals surface area contributed by atoms with E-state index in [-0.39, 0.29) is 17.6 Å². The number of amides is 1. The Kier molecular flexibility index (Phi) is 5.76. The number of fused-ring (bicyclic) bond motifs is 2. The number of benzene rings is 1. The van der Waals surface area contributed by atoms with Crippen molar-refractivity contribution in [2.24, 2.45) is 0 Å². The van der Waals surface area contributed by atoms with Crippen LogP contribution in [0.15, 0.2) is 55.1 Å². The van der Waals surface area contributed by atoms with Crippen LogP contribution >= 0.6 is 0 Å². The lowest BCUT2D eigenvalue weighted by Crippen LogP contribution is -2.39. The molecule has 5 heterocycles. The smallest absolute Gasteiger partial charge is 0.248 e. The van der Waals surface area contributed by atoms with Crippen molar-refractivity contribution in [1.82, 2.24) is 24.5 Å². The summed E-state index contributed by atoms with van der Waals surface area (Å²) in [6, 6.07) is 9.90. The number of nitrogens with one attached hydrogen (secondary N) is 2. The van der Waals surface area contributed by atoms with Crippen molar-refractivity contribution in [1.29, 1.82) is 0 Å². The maximum atomic E-state index is 12.0. The summed E-state index contributed by atoms with van der Waals surface area (Å²) in [5.41, 5.74) is 13.1. The summed E-state index contributed by atoms with van der Waals surface area (Å²) in [7, 11) is 0. The van der Waals surface area contributed by atoms with Crippen molar-refractivity contribution in [3.05, 3.63) is 66.4 Å². The Morgan fingerprint density at radius 2 is 1.89 bits per heavy atom. The van der Waals surface area contributed by atoms with Gasteiger partial charge in [-0.2, -0.15) is 9.61 Å². The standard InChI is InChI=1S/C27H26N8O3/c1-15-31-22-5-2-17(10-23(22)32-15)21-4-3-18(11-29-21)19-12-30-35-26(28)20(13-36)25(33-27(19)35)16-6-8-34(9-7-16)24(38)14-37/h2-5,10-13,16,31-32,37H,1,6-9,14,28H2. The maximum Gasteiger partial charge on any atom is 0.248 e. The van der Waals surface area contributed by atoms with Crippen molar-refractivity contribution >= 4 is 35.0 Å². The minimum Gasteiger partial charge on any atom is -0.387 e. The number of likely N-dealkylation sites (tertiary alicyclic amines) is 1. The van der Waals surface area contributed by atoms with Gasteiger partial charge in [0.1, 0.15) is 18.2 Å². The SMILES string of the molecule is C=C1Nc2ccc(-c3ccc(-c4cnn5c(N)c(C=O)c(C6CCN(C(=O)CO)CC6)nc45)cn3)cc2N1. The number of anilines is 3. The molecule has 0 saturated carbocycles. The Hall–Kier alpha value is -4.77. The summed E-state index contributed by atoms with van der Waals surface area (Å²) < 4.78 is 1.48. The maximum absolute atomic E-state index is 12.0. The number of hydrogen-bond donors (Lipinski definition) is 4. The van der Waals surface area contributed by atoms with E-state index in [0.29, 0.717) is 42.8 Å². The molecule has 0 unspecified atom stereocenters. The van der Waals surface area contributed by atoms with E-state index in [9.17, 15) is 9.59 Å². The molecule has 0 spiro atoms. The van der Waals surface area contributed by atoms with Crippen molar-refractivity contribution in [3.63, 3.8) is 0 Å². The van der Waals surface area contributed by atoms with Crippen LogP contribution in [0.4, 0.5) is 17.2 Å². The number of carbonyl (C=O) groups is 2. The first-order valence-corrected chi connectivity index (χ1v) is 12.3. The lowest BCUT2D eigenvalue weighted by molar-refractivity contribution is -0.135. The highest BCUT2D eigenvalue weighted by molar-refractivity contribution is 5.88. The number of nitrogen functional groups attached to an aromatic ring is 1. The third-order valence-electron chi connectivity index (χ3n) is 7.20. The zero-order chi connectivity index (χ0) is 26.4. The molecule has 1 saturated heterocycles. The fraction of sp³-hybridized carbons (Fsp3) is 0.222. The molecular formula is C27H26N8O3. The highest BCUT2D eigenvalue weighted by atomic mass is 16.3. The number of piperidine rings is 1. The van der Waals surface area contributed by atoms with Gasteiger partial charge in [-0.3, -0.25) is 14.6 Å². The summed E-state index contributed by atoms with van der Waals surface area (Å²) in [5.74, 6) is 0.619. The molecule has 1 amide bonds. The first kappa shape index (κ1) is 23.6. The van der Waals surface area contributed by atoms with Gasteiger partial charge in [0, 0.05) is 41.9 Å². The second kappa shape index (κ2) is 9.27. The van der Waals surface area contributed by atoms with Gasteiger partial charge in [0.15, 0.2) is 11.9 Å². The average Bonchev–Trinajstić information content (AvgIpc) is 3.55. The van der Waals surface area contributed by atoms with Gasteiger partial charge in [-0.15, -0.1) is 0 Å². The van der Waals surface area contributed by atoms with Crippen molar-refractivity contribution in [2.45, 2.75) is 18.8 Å². The summed E-state index contributed by atoms with van der Waals surface area (Å²) >= 11 is 0. The topological polar surface area (TPSA) is 151 Å². The highest BCUT2D eigenvalue weighted by Gasteiger charge is 2.28. The van der Waals surface area contributed by atoms with E-state index >= 15 is 0 Å². The van der Waals surface area contributed by atoms with Crippen molar-refractivity contribution in [3.8, 4) is 22.4 Å². The predicted molar refractivity (Wildman–Crippen MR) is 143 cm³/mol. The fourth-order valence-corrected chi connectivity index (χ4v) is 5.18. The molecule has 2 aliphatic rings.